The molecule has 0 aromatic carbocycles. The number of aryl methyl sites for hydroxylation is 1. The van der Waals surface area contributed by atoms with E-state index in [0.29, 0.717) is 6.54 Å². The minimum Gasteiger partial charge on any atom is -0.395 e. The summed E-state index contributed by atoms with van der Waals surface area (Å²) < 4.78 is 0. The zero-order valence-electron chi connectivity index (χ0n) is 7.53. The van der Waals surface area contributed by atoms with E-state index in [0.717, 1.165) is 10.7 Å². The molecule has 0 atom stereocenters. The highest BCUT2D eigenvalue weighted by atomic mass is 32.1. The predicted molar refractivity (Wildman–Crippen MR) is 51.7 cm³/mol. The number of nitrogens with one attached hydrogen (secondary N) is 1. The topological polar surface area (TPSA) is 65.4 Å². The van der Waals surface area contributed by atoms with E-state index in [-0.39, 0.29) is 19.3 Å². The molecule has 0 aliphatic rings. The van der Waals surface area contributed by atoms with Crippen molar-refractivity contribution in [3.63, 3.8) is 0 Å². The quantitative estimate of drug-likeness (QED) is 0.623. The lowest BCUT2D eigenvalue weighted by Crippen LogP contribution is -2.35. The molecule has 3 N–H and O–H groups in total. The Balaban J connectivity index is 2.33. The van der Waals surface area contributed by atoms with E-state index in [1.807, 2.05) is 12.3 Å². The molecule has 5 heteroatoms. The third-order valence-electron chi connectivity index (χ3n) is 1.68. The minimum atomic E-state index is -0.248. The van der Waals surface area contributed by atoms with E-state index >= 15 is 0 Å². The predicted octanol–water partition coefficient (Wildman–Crippen LogP) is -0.106. The van der Waals surface area contributed by atoms with Crippen LogP contribution in [-0.2, 0) is 6.54 Å². The van der Waals surface area contributed by atoms with Gasteiger partial charge in [0.25, 0.3) is 0 Å². The van der Waals surface area contributed by atoms with Crippen LogP contribution in [0.4, 0.5) is 0 Å². The number of aliphatic hydroxyl groups excluding tert-OH is 2. The number of hydrogen-bond acceptors (Lipinski definition) is 5. The van der Waals surface area contributed by atoms with Crippen molar-refractivity contribution < 1.29 is 10.2 Å². The molecule has 1 rings (SSSR count). The van der Waals surface area contributed by atoms with Crippen LogP contribution in [0.15, 0.2) is 5.38 Å². The van der Waals surface area contributed by atoms with Gasteiger partial charge >= 0.3 is 0 Å². The Kier molecular flexibility index (Phi) is 4.31. The standard InChI is InChI=1S/C8H14N2O2S/c1-6-10-7(5-13-6)2-9-8(3-11)4-12/h5,8-9,11-12H,2-4H2,1H3. The average molecular weight is 202 g/mol. The van der Waals surface area contributed by atoms with Crippen LogP contribution in [0.25, 0.3) is 0 Å². The van der Waals surface area contributed by atoms with E-state index in [4.69, 9.17) is 10.2 Å². The van der Waals surface area contributed by atoms with Crippen LogP contribution >= 0.6 is 11.3 Å². The van der Waals surface area contributed by atoms with Crippen molar-refractivity contribution in [2.45, 2.75) is 19.5 Å². The van der Waals surface area contributed by atoms with Gasteiger partial charge < -0.3 is 15.5 Å². The summed E-state index contributed by atoms with van der Waals surface area (Å²) >= 11 is 1.60. The van der Waals surface area contributed by atoms with Gasteiger partial charge in [-0.05, 0) is 6.92 Å². The molecule has 0 unspecified atom stereocenters. The molecule has 13 heavy (non-hydrogen) atoms. The summed E-state index contributed by atoms with van der Waals surface area (Å²) in [5, 5.41) is 23.5. The molecule has 1 heterocycles. The van der Waals surface area contributed by atoms with E-state index < -0.39 is 0 Å². The Morgan fingerprint density at radius 1 is 1.54 bits per heavy atom. The van der Waals surface area contributed by atoms with Crippen molar-refractivity contribution in [2.24, 2.45) is 0 Å². The molecule has 1 aromatic heterocycles. The van der Waals surface area contributed by atoms with E-state index in [2.05, 4.69) is 10.3 Å². The minimum absolute atomic E-state index is 0.0559. The van der Waals surface area contributed by atoms with Gasteiger partial charge in [-0.15, -0.1) is 11.3 Å². The zero-order valence-corrected chi connectivity index (χ0v) is 8.34. The van der Waals surface area contributed by atoms with Gasteiger partial charge in [-0.1, -0.05) is 0 Å². The molecular formula is C8H14N2O2S. The molecule has 0 bridgehead atoms. The Bertz CT molecular complexity index is 248. The van der Waals surface area contributed by atoms with Crippen LogP contribution in [0.2, 0.25) is 0 Å². The van der Waals surface area contributed by atoms with Crippen molar-refractivity contribution in [3.8, 4) is 0 Å². The first kappa shape index (κ1) is 10.6. The summed E-state index contributed by atoms with van der Waals surface area (Å²) in [7, 11) is 0. The Hall–Kier alpha value is -0.490. The number of rotatable bonds is 5. The normalized spacial score (nSPS) is 11.1. The SMILES string of the molecule is Cc1nc(CNC(CO)CO)cs1. The number of aromatic nitrogens is 1. The zero-order chi connectivity index (χ0) is 9.68. The van der Waals surface area contributed by atoms with Crippen molar-refractivity contribution in [3.05, 3.63) is 16.1 Å². The first-order valence-electron chi connectivity index (χ1n) is 4.12. The number of nitrogens with zero attached hydrogens (tertiary/aromatic N) is 1. The summed E-state index contributed by atoms with van der Waals surface area (Å²) in [6.45, 7) is 2.43. The van der Waals surface area contributed by atoms with Gasteiger partial charge in [-0.25, -0.2) is 4.98 Å². The first-order chi connectivity index (χ1) is 6.26. The largest absolute Gasteiger partial charge is 0.395 e. The van der Waals surface area contributed by atoms with Crippen LogP contribution < -0.4 is 5.32 Å². The number of thiazole rings is 1. The molecular weight excluding hydrogens is 188 g/mol. The Labute approximate surface area is 81.3 Å². The molecule has 0 spiro atoms. The number of aliphatic hydroxyl groups is 2. The third kappa shape index (κ3) is 3.40. The van der Waals surface area contributed by atoms with Crippen LogP contribution in [0.1, 0.15) is 10.7 Å². The highest BCUT2D eigenvalue weighted by Gasteiger charge is 2.05. The summed E-state index contributed by atoms with van der Waals surface area (Å²) in [5.74, 6) is 0. The van der Waals surface area contributed by atoms with E-state index in [1.54, 1.807) is 11.3 Å². The van der Waals surface area contributed by atoms with Crippen LogP contribution in [0.5, 0.6) is 0 Å². The fraction of sp³-hybridized carbons (Fsp3) is 0.625. The lowest BCUT2D eigenvalue weighted by molar-refractivity contribution is 0.170. The second-order valence-corrected chi connectivity index (χ2v) is 3.86. The molecule has 0 aliphatic heterocycles. The first-order valence-corrected chi connectivity index (χ1v) is 5.00. The van der Waals surface area contributed by atoms with Crippen LogP contribution in [-0.4, -0.2) is 34.5 Å². The lowest BCUT2D eigenvalue weighted by atomic mass is 10.3. The second-order valence-electron chi connectivity index (χ2n) is 2.80. The van der Waals surface area contributed by atoms with Gasteiger partial charge in [0.05, 0.1) is 30.0 Å². The van der Waals surface area contributed by atoms with Gasteiger partial charge in [0, 0.05) is 11.9 Å². The fourth-order valence-electron chi connectivity index (χ4n) is 0.925. The molecule has 74 valence electrons. The number of hydrogen-bond donors (Lipinski definition) is 3. The molecule has 0 aliphatic carbocycles. The second kappa shape index (κ2) is 5.29. The third-order valence-corrected chi connectivity index (χ3v) is 2.50. The van der Waals surface area contributed by atoms with Crippen LogP contribution in [0.3, 0.4) is 0 Å². The van der Waals surface area contributed by atoms with Crippen molar-refractivity contribution in [2.75, 3.05) is 13.2 Å². The molecule has 1 aromatic rings. The molecule has 0 fully saturated rings. The molecule has 4 nitrogen and oxygen atoms in total. The van der Waals surface area contributed by atoms with Crippen molar-refractivity contribution in [1.29, 1.82) is 0 Å². The maximum Gasteiger partial charge on any atom is 0.0897 e. The molecule has 0 saturated heterocycles. The van der Waals surface area contributed by atoms with Gasteiger partial charge in [-0.3, -0.25) is 0 Å². The summed E-state index contributed by atoms with van der Waals surface area (Å²) in [6.07, 6.45) is 0. The summed E-state index contributed by atoms with van der Waals surface area (Å²) in [6, 6.07) is -0.248. The lowest BCUT2D eigenvalue weighted by Gasteiger charge is -2.11. The maximum atomic E-state index is 8.77. The summed E-state index contributed by atoms with van der Waals surface area (Å²) in [4.78, 5) is 4.24. The highest BCUT2D eigenvalue weighted by molar-refractivity contribution is 7.09. The summed E-state index contributed by atoms with van der Waals surface area (Å²) in [5.41, 5.74) is 0.953. The molecule has 0 amide bonds. The monoisotopic (exact) mass is 202 g/mol. The smallest absolute Gasteiger partial charge is 0.0897 e. The van der Waals surface area contributed by atoms with Gasteiger partial charge in [0.1, 0.15) is 0 Å². The van der Waals surface area contributed by atoms with Crippen molar-refractivity contribution >= 4 is 11.3 Å². The van der Waals surface area contributed by atoms with Gasteiger partial charge in [-0.2, -0.15) is 0 Å². The van der Waals surface area contributed by atoms with Crippen LogP contribution in [0, 0.1) is 6.92 Å². The molecule has 0 radical (unpaired) electrons. The van der Waals surface area contributed by atoms with Gasteiger partial charge in [0.2, 0.25) is 0 Å². The maximum absolute atomic E-state index is 8.77. The Morgan fingerprint density at radius 2 is 2.23 bits per heavy atom. The fourth-order valence-corrected chi connectivity index (χ4v) is 1.54. The van der Waals surface area contributed by atoms with Crippen molar-refractivity contribution in [1.82, 2.24) is 10.3 Å². The Morgan fingerprint density at radius 3 is 2.69 bits per heavy atom. The van der Waals surface area contributed by atoms with E-state index in [1.165, 1.54) is 0 Å². The highest BCUT2D eigenvalue weighted by Crippen LogP contribution is 2.07. The van der Waals surface area contributed by atoms with Gasteiger partial charge in [0.15, 0.2) is 0 Å². The van der Waals surface area contributed by atoms with E-state index in [9.17, 15) is 0 Å². The average Bonchev–Trinajstić information content (AvgIpc) is 2.53. The molecule has 0 saturated carbocycles.